The van der Waals surface area contributed by atoms with Crippen LogP contribution in [0.15, 0.2) is 0 Å². The molecule has 2 heterocycles. The van der Waals surface area contributed by atoms with Crippen LogP contribution in [-0.4, -0.2) is 23.0 Å². The Kier molecular flexibility index (Phi) is 4.98. The van der Waals surface area contributed by atoms with Gasteiger partial charge in [0, 0.05) is 10.4 Å². The lowest BCUT2D eigenvalue weighted by atomic mass is 10.0. The highest BCUT2D eigenvalue weighted by molar-refractivity contribution is 7.11. The Morgan fingerprint density at radius 1 is 1.21 bits per heavy atom. The third-order valence-electron chi connectivity index (χ3n) is 3.72. The maximum Gasteiger partial charge on any atom is 0.107 e. The van der Waals surface area contributed by atoms with Gasteiger partial charge in [-0.2, -0.15) is 0 Å². The number of thiazole rings is 1. The fourth-order valence-corrected chi connectivity index (χ4v) is 3.91. The summed E-state index contributed by atoms with van der Waals surface area (Å²) in [6, 6.07) is 0. The van der Waals surface area contributed by atoms with E-state index in [1.807, 2.05) is 11.3 Å². The Balaban J connectivity index is 2.10. The first-order chi connectivity index (χ1) is 9.00. The van der Waals surface area contributed by atoms with Gasteiger partial charge in [-0.15, -0.1) is 11.3 Å². The lowest BCUT2D eigenvalue weighted by Gasteiger charge is -2.18. The molecule has 4 heteroatoms. The first-order valence-corrected chi connectivity index (χ1v) is 8.32. The lowest BCUT2D eigenvalue weighted by Crippen LogP contribution is -2.28. The number of aromatic nitrogens is 1. The first-order valence-electron chi connectivity index (χ1n) is 7.51. The van der Waals surface area contributed by atoms with Crippen molar-refractivity contribution in [3.63, 3.8) is 0 Å². The topological polar surface area (TPSA) is 42.2 Å². The second-order valence-electron chi connectivity index (χ2n) is 6.15. The van der Waals surface area contributed by atoms with Crippen molar-refractivity contribution < 1.29 is 0 Å². The Bertz CT molecular complexity index is 398. The molecule has 1 saturated heterocycles. The summed E-state index contributed by atoms with van der Waals surface area (Å²) in [7, 11) is 0. The van der Waals surface area contributed by atoms with Gasteiger partial charge in [0.25, 0.3) is 0 Å². The minimum absolute atomic E-state index is 0.264. The average molecular weight is 281 g/mol. The summed E-state index contributed by atoms with van der Waals surface area (Å²) >= 11 is 1.81. The Labute approximate surface area is 121 Å². The van der Waals surface area contributed by atoms with Crippen LogP contribution in [0.2, 0.25) is 0 Å². The lowest BCUT2D eigenvalue weighted by molar-refractivity contribution is 0.276. The van der Waals surface area contributed by atoms with E-state index >= 15 is 0 Å². The van der Waals surface area contributed by atoms with Gasteiger partial charge >= 0.3 is 0 Å². The predicted molar refractivity (Wildman–Crippen MR) is 82.5 cm³/mol. The molecule has 1 aromatic rings. The molecule has 2 N–H and O–H groups in total. The molecule has 0 radical (unpaired) electrons. The van der Waals surface area contributed by atoms with Gasteiger partial charge in [0.05, 0.1) is 12.2 Å². The molecule has 0 atom stereocenters. The minimum atomic E-state index is -0.264. The van der Waals surface area contributed by atoms with Crippen LogP contribution in [0.4, 0.5) is 0 Å². The van der Waals surface area contributed by atoms with E-state index in [0.717, 1.165) is 13.0 Å². The molecule has 0 spiro atoms. The quantitative estimate of drug-likeness (QED) is 0.921. The third-order valence-corrected chi connectivity index (χ3v) is 5.14. The van der Waals surface area contributed by atoms with E-state index in [-0.39, 0.29) is 5.54 Å². The number of nitrogens with two attached hydrogens (primary N) is 1. The number of likely N-dealkylation sites (tertiary alicyclic amines) is 1. The second-order valence-corrected chi connectivity index (χ2v) is 7.23. The molecule has 0 amide bonds. The number of nitrogens with zero attached hydrogens (tertiary/aromatic N) is 2. The number of hydrogen-bond acceptors (Lipinski definition) is 4. The Morgan fingerprint density at radius 3 is 2.32 bits per heavy atom. The van der Waals surface area contributed by atoms with Gasteiger partial charge in [-0.25, -0.2) is 4.98 Å². The van der Waals surface area contributed by atoms with E-state index in [4.69, 9.17) is 10.7 Å². The van der Waals surface area contributed by atoms with Crippen molar-refractivity contribution in [3.8, 4) is 0 Å². The molecule has 0 saturated carbocycles. The molecule has 0 aliphatic carbocycles. The van der Waals surface area contributed by atoms with E-state index in [1.165, 1.54) is 54.4 Å². The van der Waals surface area contributed by atoms with Crippen molar-refractivity contribution in [1.82, 2.24) is 9.88 Å². The maximum atomic E-state index is 6.26. The fourth-order valence-electron chi connectivity index (χ4n) is 2.70. The predicted octanol–water partition coefficient (Wildman–Crippen LogP) is 3.28. The summed E-state index contributed by atoms with van der Waals surface area (Å²) in [5, 5.41) is 1.24. The van der Waals surface area contributed by atoms with Gasteiger partial charge in [0.15, 0.2) is 0 Å². The first kappa shape index (κ1) is 14.9. The molecule has 108 valence electrons. The molecule has 1 aliphatic rings. The van der Waals surface area contributed by atoms with Crippen LogP contribution in [0.5, 0.6) is 0 Å². The van der Waals surface area contributed by atoms with Gasteiger partial charge in [-0.1, -0.05) is 19.8 Å². The average Bonchev–Trinajstić information content (AvgIpc) is 2.59. The second kappa shape index (κ2) is 6.33. The third kappa shape index (κ3) is 4.01. The molecule has 0 bridgehead atoms. The van der Waals surface area contributed by atoms with Gasteiger partial charge in [-0.3, -0.25) is 4.90 Å². The van der Waals surface area contributed by atoms with Crippen LogP contribution >= 0.6 is 11.3 Å². The highest BCUT2D eigenvalue weighted by Crippen LogP contribution is 2.29. The highest BCUT2D eigenvalue weighted by Gasteiger charge is 2.23. The van der Waals surface area contributed by atoms with Gasteiger partial charge in [0.2, 0.25) is 0 Å². The van der Waals surface area contributed by atoms with Crippen LogP contribution in [0.25, 0.3) is 0 Å². The molecule has 0 aromatic carbocycles. The number of rotatable bonds is 4. The number of aryl methyl sites for hydroxylation is 1. The van der Waals surface area contributed by atoms with Crippen molar-refractivity contribution in [1.29, 1.82) is 0 Å². The smallest absolute Gasteiger partial charge is 0.107 e. The normalized spacial score (nSPS) is 18.5. The Morgan fingerprint density at radius 2 is 1.84 bits per heavy atom. The van der Waals surface area contributed by atoms with E-state index in [2.05, 4.69) is 25.7 Å². The molecule has 3 nitrogen and oxygen atoms in total. The van der Waals surface area contributed by atoms with Crippen molar-refractivity contribution in [2.45, 2.75) is 65.0 Å². The fraction of sp³-hybridized carbons (Fsp3) is 0.800. The summed E-state index contributed by atoms with van der Waals surface area (Å²) in [6.45, 7) is 9.78. The van der Waals surface area contributed by atoms with Crippen molar-refractivity contribution >= 4 is 11.3 Å². The zero-order valence-electron chi connectivity index (χ0n) is 12.5. The molecular weight excluding hydrogens is 254 g/mol. The zero-order valence-corrected chi connectivity index (χ0v) is 13.4. The molecule has 1 fully saturated rings. The van der Waals surface area contributed by atoms with Gasteiger partial charge in [0.1, 0.15) is 5.01 Å². The van der Waals surface area contributed by atoms with Gasteiger partial charge in [-0.05, 0) is 46.2 Å². The van der Waals surface area contributed by atoms with Crippen LogP contribution in [-0.2, 0) is 18.5 Å². The van der Waals surface area contributed by atoms with Crippen molar-refractivity contribution in [2.24, 2.45) is 5.73 Å². The van der Waals surface area contributed by atoms with Crippen LogP contribution in [0, 0.1) is 0 Å². The van der Waals surface area contributed by atoms with Gasteiger partial charge < -0.3 is 5.73 Å². The monoisotopic (exact) mass is 281 g/mol. The zero-order chi connectivity index (χ0) is 13.9. The maximum absolute atomic E-state index is 6.26. The van der Waals surface area contributed by atoms with E-state index < -0.39 is 0 Å². The SMILES string of the molecule is CCc1nc(CN2CCCCCC2)sc1C(C)(C)N. The van der Waals surface area contributed by atoms with Crippen LogP contribution < -0.4 is 5.73 Å². The standard InChI is InChI=1S/C15H27N3S/c1-4-12-14(15(2,3)16)19-13(17-12)11-18-9-7-5-6-8-10-18/h4-11,16H2,1-3H3. The van der Waals surface area contributed by atoms with E-state index in [1.54, 1.807) is 0 Å². The molecular formula is C15H27N3S. The van der Waals surface area contributed by atoms with Crippen molar-refractivity contribution in [2.75, 3.05) is 13.1 Å². The highest BCUT2D eigenvalue weighted by atomic mass is 32.1. The summed E-state index contributed by atoms with van der Waals surface area (Å²) in [6.07, 6.45) is 6.42. The largest absolute Gasteiger partial charge is 0.321 e. The van der Waals surface area contributed by atoms with Crippen LogP contribution in [0.1, 0.15) is 62.0 Å². The summed E-state index contributed by atoms with van der Waals surface area (Å²) in [5.41, 5.74) is 7.19. The summed E-state index contributed by atoms with van der Waals surface area (Å²) < 4.78 is 0. The van der Waals surface area contributed by atoms with Crippen LogP contribution in [0.3, 0.4) is 0 Å². The van der Waals surface area contributed by atoms with E-state index in [9.17, 15) is 0 Å². The summed E-state index contributed by atoms with van der Waals surface area (Å²) in [4.78, 5) is 8.63. The van der Waals surface area contributed by atoms with Crippen molar-refractivity contribution in [3.05, 3.63) is 15.6 Å². The molecule has 1 aliphatic heterocycles. The Hall–Kier alpha value is -0.450. The van der Waals surface area contributed by atoms with E-state index in [0.29, 0.717) is 0 Å². The summed E-state index contributed by atoms with van der Waals surface area (Å²) in [5.74, 6) is 0. The molecule has 0 unspecified atom stereocenters. The molecule has 2 rings (SSSR count). The minimum Gasteiger partial charge on any atom is -0.321 e. The molecule has 19 heavy (non-hydrogen) atoms. The number of hydrogen-bond donors (Lipinski definition) is 1. The molecule has 1 aromatic heterocycles.